The summed E-state index contributed by atoms with van der Waals surface area (Å²) in [5.41, 5.74) is -1.15. The SMILES string of the molecule is CC(C)(C)Oc1[c]([Sn]([CH3])([CH3])[CH3])c(=O)c1=O. The quantitative estimate of drug-likeness (QED) is 0.604. The summed E-state index contributed by atoms with van der Waals surface area (Å²) in [7, 11) is 0. The Morgan fingerprint density at radius 2 is 1.47 bits per heavy atom. The first-order valence-corrected chi connectivity index (χ1v) is 15.1. The van der Waals surface area contributed by atoms with Crippen molar-refractivity contribution in [2.24, 2.45) is 0 Å². The maximum absolute atomic E-state index is 11.5. The van der Waals surface area contributed by atoms with Gasteiger partial charge in [0.1, 0.15) is 0 Å². The van der Waals surface area contributed by atoms with E-state index in [1.165, 1.54) is 0 Å². The van der Waals surface area contributed by atoms with Crippen LogP contribution in [-0.2, 0) is 0 Å². The van der Waals surface area contributed by atoms with Crippen molar-refractivity contribution in [3.63, 3.8) is 0 Å². The monoisotopic (exact) mass is 318 g/mol. The van der Waals surface area contributed by atoms with Gasteiger partial charge in [0.15, 0.2) is 0 Å². The number of hydrogen-bond acceptors (Lipinski definition) is 3. The molecule has 0 aromatic heterocycles. The number of hydrogen-bond donors (Lipinski definition) is 0. The van der Waals surface area contributed by atoms with Crippen molar-refractivity contribution in [3.05, 3.63) is 20.4 Å². The zero-order chi connectivity index (χ0) is 12.0. The summed E-state index contributed by atoms with van der Waals surface area (Å²) in [4.78, 5) is 29.2. The molecular formula is C11H18O3Sn. The van der Waals surface area contributed by atoms with Gasteiger partial charge in [-0.3, -0.25) is 0 Å². The molecule has 0 heterocycles. The third-order valence-electron chi connectivity index (χ3n) is 2.02. The van der Waals surface area contributed by atoms with Crippen LogP contribution in [0.4, 0.5) is 0 Å². The van der Waals surface area contributed by atoms with E-state index in [9.17, 15) is 9.59 Å². The molecule has 0 saturated carbocycles. The second-order valence-corrected chi connectivity index (χ2v) is 20.1. The Morgan fingerprint density at radius 3 is 1.80 bits per heavy atom. The van der Waals surface area contributed by atoms with Crippen LogP contribution in [0.25, 0.3) is 0 Å². The van der Waals surface area contributed by atoms with E-state index in [4.69, 9.17) is 4.74 Å². The van der Waals surface area contributed by atoms with Crippen molar-refractivity contribution >= 4 is 22.0 Å². The van der Waals surface area contributed by atoms with E-state index in [2.05, 4.69) is 14.8 Å². The minimum absolute atomic E-state index is 0.308. The van der Waals surface area contributed by atoms with E-state index in [1.54, 1.807) is 0 Å². The van der Waals surface area contributed by atoms with E-state index in [0.29, 0.717) is 5.75 Å². The second-order valence-electron chi connectivity index (χ2n) is 5.83. The molecule has 0 fully saturated rings. The Morgan fingerprint density at radius 1 is 1.00 bits per heavy atom. The molecule has 1 aromatic carbocycles. The van der Waals surface area contributed by atoms with Crippen LogP contribution >= 0.6 is 0 Å². The van der Waals surface area contributed by atoms with Crippen LogP contribution in [0, 0.1) is 0 Å². The average Bonchev–Trinajstić information content (AvgIpc) is 1.98. The van der Waals surface area contributed by atoms with Crippen molar-refractivity contribution in [3.8, 4) is 5.75 Å². The van der Waals surface area contributed by atoms with E-state index in [-0.39, 0.29) is 5.43 Å². The van der Waals surface area contributed by atoms with Gasteiger partial charge in [0, 0.05) is 0 Å². The molecule has 0 aliphatic carbocycles. The molecule has 0 spiro atoms. The predicted octanol–water partition coefficient (Wildman–Crippen LogP) is 1.01. The molecule has 0 aliphatic rings. The molecule has 1 aromatic rings. The van der Waals surface area contributed by atoms with Crippen LogP contribution < -0.4 is 19.2 Å². The van der Waals surface area contributed by atoms with Gasteiger partial charge in [0.05, 0.1) is 0 Å². The Labute approximate surface area is 94.0 Å². The Balaban J connectivity index is 3.18. The zero-order valence-corrected chi connectivity index (χ0v) is 13.1. The molecule has 0 amide bonds. The normalized spacial score (nSPS) is 13.2. The predicted molar refractivity (Wildman–Crippen MR) is 64.7 cm³/mol. The van der Waals surface area contributed by atoms with Gasteiger partial charge in [-0.05, 0) is 0 Å². The maximum atomic E-state index is 11.5. The molecule has 0 N–H and O–H groups in total. The van der Waals surface area contributed by atoms with Gasteiger partial charge in [0.2, 0.25) is 0 Å². The van der Waals surface area contributed by atoms with Crippen molar-refractivity contribution in [2.75, 3.05) is 0 Å². The summed E-state index contributed by atoms with van der Waals surface area (Å²) in [6.07, 6.45) is 0. The van der Waals surface area contributed by atoms with Crippen LogP contribution in [0.5, 0.6) is 5.75 Å². The molecule has 0 unspecified atom stereocenters. The van der Waals surface area contributed by atoms with Crippen molar-refractivity contribution in [1.29, 1.82) is 0 Å². The molecule has 0 saturated heterocycles. The van der Waals surface area contributed by atoms with Gasteiger partial charge < -0.3 is 0 Å². The Hall–Kier alpha value is -0.321. The Kier molecular flexibility index (Phi) is 3.07. The van der Waals surface area contributed by atoms with Crippen LogP contribution in [-0.4, -0.2) is 24.0 Å². The standard InChI is InChI=1S/C8H9O3.3CH3.Sn/c1-8(2,3)11-6-4-5(9)7(6)10;;;;/h1-3H3;3*1H3;. The van der Waals surface area contributed by atoms with E-state index in [0.717, 1.165) is 3.58 Å². The fourth-order valence-corrected chi connectivity index (χ4v) is 6.14. The summed E-state index contributed by atoms with van der Waals surface area (Å²) in [6, 6.07) is 0. The number of ether oxygens (including phenoxy) is 1. The van der Waals surface area contributed by atoms with Gasteiger partial charge >= 0.3 is 94.1 Å². The molecule has 15 heavy (non-hydrogen) atoms. The van der Waals surface area contributed by atoms with E-state index >= 15 is 0 Å². The molecule has 0 bridgehead atoms. The molecule has 0 aliphatic heterocycles. The summed E-state index contributed by atoms with van der Waals surface area (Å²) in [5.74, 6) is 0.343. The Bertz CT molecular complexity index is 439. The molecule has 84 valence electrons. The fraction of sp³-hybridized carbons (Fsp3) is 0.636. The first-order chi connectivity index (χ1) is 6.54. The molecule has 0 radical (unpaired) electrons. The van der Waals surface area contributed by atoms with Crippen LogP contribution in [0.1, 0.15) is 20.8 Å². The summed E-state index contributed by atoms with van der Waals surface area (Å²) < 4.78 is 6.28. The average molecular weight is 317 g/mol. The fourth-order valence-electron chi connectivity index (χ4n) is 1.46. The second kappa shape index (κ2) is 3.61. The van der Waals surface area contributed by atoms with Crippen molar-refractivity contribution < 1.29 is 4.74 Å². The summed E-state index contributed by atoms with van der Waals surface area (Å²) in [5, 5.41) is 0. The molecule has 0 atom stereocenters. The van der Waals surface area contributed by atoms with Gasteiger partial charge in [-0.25, -0.2) is 0 Å². The first kappa shape index (κ1) is 12.7. The van der Waals surface area contributed by atoms with Gasteiger partial charge in [0.25, 0.3) is 0 Å². The topological polar surface area (TPSA) is 43.4 Å². The molecular weight excluding hydrogens is 299 g/mol. The summed E-state index contributed by atoms with van der Waals surface area (Å²) >= 11 is -2.49. The van der Waals surface area contributed by atoms with Crippen LogP contribution in [0.15, 0.2) is 9.59 Å². The zero-order valence-electron chi connectivity index (χ0n) is 10.2. The molecule has 1 rings (SSSR count). The number of rotatable bonds is 2. The van der Waals surface area contributed by atoms with Gasteiger partial charge in [-0.1, -0.05) is 0 Å². The third kappa shape index (κ3) is 2.62. The molecule has 3 nitrogen and oxygen atoms in total. The first-order valence-electron chi connectivity index (χ1n) is 5.07. The minimum atomic E-state index is -2.49. The molecule has 4 heteroatoms. The van der Waals surface area contributed by atoms with Crippen LogP contribution in [0.2, 0.25) is 14.8 Å². The van der Waals surface area contributed by atoms with E-state index in [1.807, 2.05) is 20.8 Å². The summed E-state index contributed by atoms with van der Waals surface area (Å²) in [6.45, 7) is 5.64. The van der Waals surface area contributed by atoms with Crippen molar-refractivity contribution in [2.45, 2.75) is 41.2 Å². The van der Waals surface area contributed by atoms with Crippen molar-refractivity contribution in [1.82, 2.24) is 0 Å². The van der Waals surface area contributed by atoms with Gasteiger partial charge in [-0.15, -0.1) is 0 Å². The third-order valence-corrected chi connectivity index (χ3v) is 7.60. The van der Waals surface area contributed by atoms with Crippen LogP contribution in [0.3, 0.4) is 0 Å². The van der Waals surface area contributed by atoms with Gasteiger partial charge in [-0.2, -0.15) is 0 Å². The van der Waals surface area contributed by atoms with E-state index < -0.39 is 29.4 Å².